The average molecular weight is 308 g/mol. The van der Waals surface area contributed by atoms with Gasteiger partial charge in [0.15, 0.2) is 0 Å². The van der Waals surface area contributed by atoms with Crippen molar-refractivity contribution in [2.24, 2.45) is 0 Å². The van der Waals surface area contributed by atoms with Crippen molar-refractivity contribution < 1.29 is 22.4 Å². The number of nitrogens with zero attached hydrogens (tertiary/aromatic N) is 1. The normalized spacial score (nSPS) is 9.71. The number of quaternary nitrogens is 1. The Bertz CT molecular complexity index is 424. The van der Waals surface area contributed by atoms with Crippen molar-refractivity contribution in [3.05, 3.63) is 79.9 Å². The second kappa shape index (κ2) is 11.1. The van der Waals surface area contributed by atoms with Gasteiger partial charge in [0.1, 0.15) is 6.54 Å². The van der Waals surface area contributed by atoms with Crippen LogP contribution in [0.1, 0.15) is 11.1 Å². The predicted molar refractivity (Wildman–Crippen MR) is 89.3 cm³/mol. The highest BCUT2D eigenvalue weighted by atomic mass is 35.5. The molecule has 1 rings (SSSR count). The van der Waals surface area contributed by atoms with E-state index in [0.29, 0.717) is 0 Å². The standard InChI is InChI=1S/C18H24N.ClH.H2O/c1-5-13-19(14-6-2,15-7-3)16-18-11-9-17(8-4)10-12-18;;/h5-12H,1-4,13-16H2;1H;1H2/q+1;;/p-1. The van der Waals surface area contributed by atoms with E-state index >= 15 is 0 Å². The number of hydrogen-bond acceptors (Lipinski definition) is 0. The fourth-order valence-electron chi connectivity index (χ4n) is 2.39. The van der Waals surface area contributed by atoms with Gasteiger partial charge in [-0.1, -0.05) is 56.7 Å². The molecule has 1 aromatic carbocycles. The fourth-order valence-corrected chi connectivity index (χ4v) is 2.39. The molecule has 0 bridgehead atoms. The molecule has 0 amide bonds. The van der Waals surface area contributed by atoms with Gasteiger partial charge >= 0.3 is 0 Å². The minimum Gasteiger partial charge on any atom is -1.00 e. The van der Waals surface area contributed by atoms with Crippen LogP contribution in [0.15, 0.2) is 68.8 Å². The maximum Gasteiger partial charge on any atom is 0.105 e. The highest BCUT2D eigenvalue weighted by Gasteiger charge is 2.23. The van der Waals surface area contributed by atoms with Gasteiger partial charge < -0.3 is 22.4 Å². The first kappa shape index (κ1) is 21.7. The summed E-state index contributed by atoms with van der Waals surface area (Å²) < 4.78 is 0.893. The second-order valence-electron chi connectivity index (χ2n) is 4.86. The molecule has 1 aromatic rings. The molecule has 2 N–H and O–H groups in total. The van der Waals surface area contributed by atoms with E-state index in [1.165, 1.54) is 5.56 Å². The van der Waals surface area contributed by atoms with Gasteiger partial charge in [-0.15, -0.1) is 0 Å². The fraction of sp³-hybridized carbons (Fsp3) is 0.222. The van der Waals surface area contributed by atoms with Crippen LogP contribution < -0.4 is 12.4 Å². The molecule has 2 nitrogen and oxygen atoms in total. The molecule has 0 fully saturated rings. The lowest BCUT2D eigenvalue weighted by Gasteiger charge is -2.36. The molecular weight excluding hydrogens is 282 g/mol. The molecular formula is C18H26ClNO. The van der Waals surface area contributed by atoms with Crippen LogP contribution >= 0.6 is 0 Å². The lowest BCUT2D eigenvalue weighted by atomic mass is 10.1. The zero-order chi connectivity index (χ0) is 14.1. The molecule has 0 spiro atoms. The van der Waals surface area contributed by atoms with Crippen LogP contribution in [-0.4, -0.2) is 29.6 Å². The van der Waals surface area contributed by atoms with E-state index in [4.69, 9.17) is 0 Å². The lowest BCUT2D eigenvalue weighted by molar-refractivity contribution is -0.924. The summed E-state index contributed by atoms with van der Waals surface area (Å²) in [5.41, 5.74) is 2.47. The molecule has 0 radical (unpaired) electrons. The van der Waals surface area contributed by atoms with Crippen molar-refractivity contribution in [1.82, 2.24) is 0 Å². The maximum atomic E-state index is 3.88. The van der Waals surface area contributed by atoms with Gasteiger partial charge in [-0.05, 0) is 23.8 Å². The summed E-state index contributed by atoms with van der Waals surface area (Å²) in [6.07, 6.45) is 7.80. The third-order valence-corrected chi connectivity index (χ3v) is 3.28. The minimum absolute atomic E-state index is 0. The largest absolute Gasteiger partial charge is 1.00 e. The summed E-state index contributed by atoms with van der Waals surface area (Å²) in [7, 11) is 0. The second-order valence-corrected chi connectivity index (χ2v) is 4.86. The van der Waals surface area contributed by atoms with Crippen molar-refractivity contribution in [3.8, 4) is 0 Å². The monoisotopic (exact) mass is 307 g/mol. The molecule has 0 unspecified atom stereocenters. The summed E-state index contributed by atoms with van der Waals surface area (Å²) >= 11 is 0. The van der Waals surface area contributed by atoms with Crippen LogP contribution in [0.2, 0.25) is 0 Å². The van der Waals surface area contributed by atoms with E-state index < -0.39 is 0 Å². The molecule has 0 saturated heterocycles. The molecule has 0 aliphatic carbocycles. The number of hydrogen-bond donors (Lipinski definition) is 0. The Labute approximate surface area is 135 Å². The van der Waals surface area contributed by atoms with Crippen molar-refractivity contribution in [1.29, 1.82) is 0 Å². The molecule has 0 aromatic heterocycles. The van der Waals surface area contributed by atoms with Gasteiger partial charge in [-0.2, -0.15) is 0 Å². The van der Waals surface area contributed by atoms with Gasteiger partial charge in [0, 0.05) is 5.56 Å². The number of benzene rings is 1. The highest BCUT2D eigenvalue weighted by Crippen LogP contribution is 2.16. The smallest absolute Gasteiger partial charge is 0.105 e. The van der Waals surface area contributed by atoms with Crippen molar-refractivity contribution in [2.75, 3.05) is 19.6 Å². The van der Waals surface area contributed by atoms with Gasteiger partial charge in [0.2, 0.25) is 0 Å². The first-order chi connectivity index (χ1) is 9.19. The summed E-state index contributed by atoms with van der Waals surface area (Å²) in [5, 5.41) is 0. The minimum atomic E-state index is 0. The third kappa shape index (κ3) is 6.58. The van der Waals surface area contributed by atoms with Crippen LogP contribution in [0.4, 0.5) is 0 Å². The Morgan fingerprint density at radius 3 is 1.57 bits per heavy atom. The van der Waals surface area contributed by atoms with E-state index in [-0.39, 0.29) is 17.9 Å². The average Bonchev–Trinajstić information content (AvgIpc) is 2.40. The zero-order valence-electron chi connectivity index (χ0n) is 12.6. The Kier molecular flexibility index (Phi) is 11.5. The summed E-state index contributed by atoms with van der Waals surface area (Å²) in [6, 6.07) is 8.54. The van der Waals surface area contributed by atoms with E-state index in [9.17, 15) is 0 Å². The molecule has 0 atom stereocenters. The van der Waals surface area contributed by atoms with Gasteiger partial charge in [-0.25, -0.2) is 0 Å². The predicted octanol–water partition coefficient (Wildman–Crippen LogP) is 0.384. The van der Waals surface area contributed by atoms with Gasteiger partial charge in [0.25, 0.3) is 0 Å². The maximum absolute atomic E-state index is 3.88. The first-order valence-corrected chi connectivity index (χ1v) is 6.59. The van der Waals surface area contributed by atoms with E-state index in [1.54, 1.807) is 0 Å². The van der Waals surface area contributed by atoms with Crippen molar-refractivity contribution >= 4 is 6.08 Å². The molecule has 116 valence electrons. The molecule has 0 heterocycles. The highest BCUT2D eigenvalue weighted by molar-refractivity contribution is 5.47. The van der Waals surface area contributed by atoms with Crippen LogP contribution in [0.3, 0.4) is 0 Å². The van der Waals surface area contributed by atoms with Gasteiger partial charge in [0.05, 0.1) is 19.6 Å². The van der Waals surface area contributed by atoms with Crippen LogP contribution in [0.25, 0.3) is 6.08 Å². The molecule has 0 saturated carbocycles. The number of halogens is 1. The molecule has 0 aliphatic rings. The van der Waals surface area contributed by atoms with Crippen LogP contribution in [0, 0.1) is 0 Å². The lowest BCUT2D eigenvalue weighted by Crippen LogP contribution is -3.00. The SMILES string of the molecule is C=CC[N+](CC=C)(CC=C)Cc1ccc(C=C)cc1.O.[Cl-]. The summed E-state index contributed by atoms with van der Waals surface area (Å²) in [4.78, 5) is 0. The molecule has 21 heavy (non-hydrogen) atoms. The Hall–Kier alpha value is -1.61. The molecule has 0 aliphatic heterocycles. The topological polar surface area (TPSA) is 31.5 Å². The Morgan fingerprint density at radius 1 is 0.810 bits per heavy atom. The van der Waals surface area contributed by atoms with Crippen LogP contribution in [-0.2, 0) is 6.54 Å². The van der Waals surface area contributed by atoms with Crippen molar-refractivity contribution in [2.45, 2.75) is 6.54 Å². The first-order valence-electron chi connectivity index (χ1n) is 6.59. The summed E-state index contributed by atoms with van der Waals surface area (Å²) in [5.74, 6) is 0. The Balaban J connectivity index is 0. The van der Waals surface area contributed by atoms with Crippen molar-refractivity contribution in [3.63, 3.8) is 0 Å². The van der Waals surface area contributed by atoms with Gasteiger partial charge in [-0.3, -0.25) is 0 Å². The van der Waals surface area contributed by atoms with E-state index in [0.717, 1.165) is 36.2 Å². The summed E-state index contributed by atoms with van der Waals surface area (Å²) in [6.45, 7) is 19.1. The van der Waals surface area contributed by atoms with E-state index in [1.807, 2.05) is 24.3 Å². The number of rotatable bonds is 9. The quantitative estimate of drug-likeness (QED) is 0.467. The van der Waals surface area contributed by atoms with E-state index in [2.05, 4.69) is 50.6 Å². The Morgan fingerprint density at radius 2 is 1.24 bits per heavy atom. The zero-order valence-corrected chi connectivity index (χ0v) is 13.4. The van der Waals surface area contributed by atoms with Crippen LogP contribution in [0.5, 0.6) is 0 Å². The molecule has 3 heteroatoms. The third-order valence-electron chi connectivity index (χ3n) is 3.28.